The third kappa shape index (κ3) is 4.48. The fourth-order valence-electron chi connectivity index (χ4n) is 3.93. The minimum absolute atomic E-state index is 0.179. The van der Waals surface area contributed by atoms with E-state index in [0.29, 0.717) is 23.0 Å². The molecule has 0 spiro atoms. The SMILES string of the molecule is Cc1nc(-c2ccc(C(=O)N(C)c3ccc(N4CCC(N(C)C)C4)c(F)c3)cc2)cs1. The number of aryl methyl sites for hydroxylation is 1. The van der Waals surface area contributed by atoms with Crippen LogP contribution in [-0.4, -0.2) is 56.1 Å². The van der Waals surface area contributed by atoms with E-state index in [0.717, 1.165) is 35.8 Å². The fourth-order valence-corrected chi connectivity index (χ4v) is 4.56. The summed E-state index contributed by atoms with van der Waals surface area (Å²) in [6.07, 6.45) is 1.02. The van der Waals surface area contributed by atoms with Gasteiger partial charge in [-0.2, -0.15) is 0 Å². The minimum Gasteiger partial charge on any atom is -0.368 e. The Hall–Kier alpha value is -2.77. The molecule has 0 radical (unpaired) electrons. The molecule has 1 saturated heterocycles. The second kappa shape index (κ2) is 8.77. The Balaban J connectivity index is 1.48. The van der Waals surface area contributed by atoms with E-state index in [2.05, 4.69) is 28.9 Å². The number of likely N-dealkylation sites (N-methyl/N-ethyl adjacent to an activating group) is 1. The number of aromatic nitrogens is 1. The first kappa shape index (κ1) is 21.5. The second-order valence-corrected chi connectivity index (χ2v) is 9.24. The molecular weight excluding hydrogens is 411 g/mol. The van der Waals surface area contributed by atoms with Gasteiger partial charge >= 0.3 is 0 Å². The van der Waals surface area contributed by atoms with Crippen LogP contribution in [-0.2, 0) is 0 Å². The molecule has 1 aliphatic heterocycles. The first-order valence-electron chi connectivity index (χ1n) is 10.3. The van der Waals surface area contributed by atoms with Gasteiger partial charge in [-0.05, 0) is 57.8 Å². The second-order valence-electron chi connectivity index (χ2n) is 8.18. The molecule has 1 aromatic heterocycles. The number of halogens is 1. The molecule has 31 heavy (non-hydrogen) atoms. The molecule has 1 atom stereocenters. The van der Waals surface area contributed by atoms with Crippen molar-refractivity contribution in [2.75, 3.05) is 44.0 Å². The van der Waals surface area contributed by atoms with Crippen LogP contribution in [0.3, 0.4) is 0 Å². The maximum absolute atomic E-state index is 14.9. The third-order valence-electron chi connectivity index (χ3n) is 5.90. The van der Waals surface area contributed by atoms with Crippen LogP contribution < -0.4 is 9.80 Å². The zero-order valence-corrected chi connectivity index (χ0v) is 19.1. The fraction of sp³-hybridized carbons (Fsp3) is 0.333. The van der Waals surface area contributed by atoms with Crippen LogP contribution in [0, 0.1) is 12.7 Å². The molecule has 0 aliphatic carbocycles. The van der Waals surface area contributed by atoms with Crippen molar-refractivity contribution in [2.45, 2.75) is 19.4 Å². The van der Waals surface area contributed by atoms with Crippen molar-refractivity contribution in [2.24, 2.45) is 0 Å². The summed E-state index contributed by atoms with van der Waals surface area (Å²) in [4.78, 5) is 23.2. The van der Waals surface area contributed by atoms with Crippen molar-refractivity contribution in [3.8, 4) is 11.3 Å². The van der Waals surface area contributed by atoms with Crippen LogP contribution >= 0.6 is 11.3 Å². The molecule has 2 aromatic carbocycles. The van der Waals surface area contributed by atoms with Gasteiger partial charge in [-0.3, -0.25) is 4.79 Å². The zero-order chi connectivity index (χ0) is 22.1. The lowest BCUT2D eigenvalue weighted by Gasteiger charge is -2.23. The lowest BCUT2D eigenvalue weighted by atomic mass is 10.1. The number of nitrogens with zero attached hydrogens (tertiary/aromatic N) is 4. The van der Waals surface area contributed by atoms with Gasteiger partial charge in [0.15, 0.2) is 0 Å². The number of hydrogen-bond acceptors (Lipinski definition) is 5. The number of carbonyl (C=O) groups excluding carboxylic acids is 1. The number of anilines is 2. The van der Waals surface area contributed by atoms with Gasteiger partial charge in [0.2, 0.25) is 0 Å². The predicted octanol–water partition coefficient (Wildman–Crippen LogP) is 4.67. The highest BCUT2D eigenvalue weighted by molar-refractivity contribution is 7.09. The van der Waals surface area contributed by atoms with Gasteiger partial charge in [0, 0.05) is 48.4 Å². The molecule has 7 heteroatoms. The van der Waals surface area contributed by atoms with Gasteiger partial charge in [0.25, 0.3) is 5.91 Å². The summed E-state index contributed by atoms with van der Waals surface area (Å²) in [5.74, 6) is -0.479. The molecule has 2 heterocycles. The maximum atomic E-state index is 14.9. The zero-order valence-electron chi connectivity index (χ0n) is 18.3. The summed E-state index contributed by atoms with van der Waals surface area (Å²) < 4.78 is 14.9. The summed E-state index contributed by atoms with van der Waals surface area (Å²) in [6.45, 7) is 3.61. The third-order valence-corrected chi connectivity index (χ3v) is 6.68. The van der Waals surface area contributed by atoms with Gasteiger partial charge in [-0.1, -0.05) is 12.1 Å². The minimum atomic E-state index is -0.300. The van der Waals surface area contributed by atoms with Gasteiger partial charge < -0.3 is 14.7 Å². The number of benzene rings is 2. The average Bonchev–Trinajstić information content (AvgIpc) is 3.42. The normalized spacial score (nSPS) is 16.2. The van der Waals surface area contributed by atoms with Crippen LogP contribution in [0.25, 0.3) is 11.3 Å². The Labute approximate surface area is 186 Å². The highest BCUT2D eigenvalue weighted by Crippen LogP contribution is 2.29. The molecule has 4 rings (SSSR count). The molecular formula is C24H27FN4OS. The van der Waals surface area contributed by atoms with E-state index in [4.69, 9.17) is 0 Å². The van der Waals surface area contributed by atoms with Crippen LogP contribution in [0.4, 0.5) is 15.8 Å². The quantitative estimate of drug-likeness (QED) is 0.580. The molecule has 0 bridgehead atoms. The molecule has 5 nitrogen and oxygen atoms in total. The van der Waals surface area contributed by atoms with Gasteiger partial charge in [-0.25, -0.2) is 9.37 Å². The molecule has 1 unspecified atom stereocenters. The number of rotatable bonds is 5. The predicted molar refractivity (Wildman–Crippen MR) is 126 cm³/mol. The smallest absolute Gasteiger partial charge is 0.258 e. The Kier molecular flexibility index (Phi) is 6.07. The van der Waals surface area contributed by atoms with Gasteiger partial charge in [-0.15, -0.1) is 11.3 Å². The standard InChI is InChI=1S/C24H27FN4OS/c1-16-26-22(15-31-16)17-5-7-18(8-6-17)24(30)28(4)19-9-10-23(21(25)13-19)29-12-11-20(14-29)27(2)3/h5-10,13,15,20H,11-12,14H2,1-4H3. The van der Waals surface area contributed by atoms with Crippen LogP contribution in [0.1, 0.15) is 21.8 Å². The number of amides is 1. The van der Waals surface area contributed by atoms with E-state index in [1.54, 1.807) is 36.6 Å². The Bertz CT molecular complexity index is 1080. The van der Waals surface area contributed by atoms with Crippen molar-refractivity contribution in [1.82, 2.24) is 9.88 Å². The summed E-state index contributed by atoms with van der Waals surface area (Å²) in [7, 11) is 5.78. The monoisotopic (exact) mass is 438 g/mol. The van der Waals surface area contributed by atoms with Crippen LogP contribution in [0.15, 0.2) is 47.8 Å². The number of hydrogen-bond donors (Lipinski definition) is 0. The lowest BCUT2D eigenvalue weighted by Crippen LogP contribution is -2.31. The van der Waals surface area contributed by atoms with Crippen molar-refractivity contribution < 1.29 is 9.18 Å². The molecule has 0 N–H and O–H groups in total. The topological polar surface area (TPSA) is 39.7 Å². The Morgan fingerprint density at radius 3 is 2.48 bits per heavy atom. The molecule has 162 valence electrons. The van der Waals surface area contributed by atoms with Crippen LogP contribution in [0.5, 0.6) is 0 Å². The Morgan fingerprint density at radius 2 is 1.90 bits per heavy atom. The van der Waals surface area contributed by atoms with Gasteiger partial charge in [0.05, 0.1) is 16.4 Å². The largest absolute Gasteiger partial charge is 0.368 e. The van der Waals surface area contributed by atoms with Gasteiger partial charge in [0.1, 0.15) is 5.82 Å². The van der Waals surface area contributed by atoms with E-state index in [-0.39, 0.29) is 11.7 Å². The summed E-state index contributed by atoms with van der Waals surface area (Å²) in [5.41, 5.74) is 3.56. The molecule has 3 aromatic rings. The van der Waals surface area contributed by atoms with E-state index >= 15 is 0 Å². The van der Waals surface area contributed by atoms with Crippen molar-refractivity contribution in [1.29, 1.82) is 0 Å². The molecule has 0 saturated carbocycles. The lowest BCUT2D eigenvalue weighted by molar-refractivity contribution is 0.0993. The summed E-state index contributed by atoms with van der Waals surface area (Å²) >= 11 is 1.60. The first-order valence-corrected chi connectivity index (χ1v) is 11.2. The van der Waals surface area contributed by atoms with Crippen molar-refractivity contribution in [3.63, 3.8) is 0 Å². The summed E-state index contributed by atoms with van der Waals surface area (Å²) in [6, 6.07) is 12.8. The van der Waals surface area contributed by atoms with E-state index < -0.39 is 0 Å². The first-order chi connectivity index (χ1) is 14.8. The molecule has 1 aliphatic rings. The average molecular weight is 439 g/mol. The molecule has 1 amide bonds. The Morgan fingerprint density at radius 1 is 1.16 bits per heavy atom. The van der Waals surface area contributed by atoms with E-state index in [1.807, 2.05) is 30.5 Å². The van der Waals surface area contributed by atoms with Crippen molar-refractivity contribution >= 4 is 28.6 Å². The number of carbonyl (C=O) groups is 1. The van der Waals surface area contributed by atoms with Crippen molar-refractivity contribution in [3.05, 3.63) is 64.2 Å². The maximum Gasteiger partial charge on any atom is 0.258 e. The van der Waals surface area contributed by atoms with Crippen LogP contribution in [0.2, 0.25) is 0 Å². The highest BCUT2D eigenvalue weighted by atomic mass is 32.1. The van der Waals surface area contributed by atoms with E-state index in [9.17, 15) is 9.18 Å². The highest BCUT2D eigenvalue weighted by Gasteiger charge is 2.26. The van der Waals surface area contributed by atoms with E-state index in [1.165, 1.54) is 11.0 Å². The number of thiazole rings is 1. The molecule has 1 fully saturated rings. The summed E-state index contributed by atoms with van der Waals surface area (Å²) in [5, 5.41) is 3.01.